The first-order valence-corrected chi connectivity index (χ1v) is 4.67. The van der Waals surface area contributed by atoms with E-state index in [2.05, 4.69) is 0 Å². The van der Waals surface area contributed by atoms with E-state index in [9.17, 15) is 9.90 Å². The molecule has 0 saturated heterocycles. The van der Waals surface area contributed by atoms with Crippen LogP contribution in [0.15, 0.2) is 18.2 Å². The Morgan fingerprint density at radius 2 is 2.29 bits per heavy atom. The van der Waals surface area contributed by atoms with Gasteiger partial charge in [0, 0.05) is 6.42 Å². The molecule has 0 fully saturated rings. The summed E-state index contributed by atoms with van der Waals surface area (Å²) in [5.74, 6) is 0.632. The second kappa shape index (κ2) is 5.27. The molecule has 0 aliphatic heterocycles. The lowest BCUT2D eigenvalue weighted by Gasteiger charge is -2.08. The summed E-state index contributed by atoms with van der Waals surface area (Å²) in [5, 5.41) is 9.71. The van der Waals surface area contributed by atoms with Gasteiger partial charge in [0.25, 0.3) is 0 Å². The molecule has 0 aliphatic carbocycles. The van der Waals surface area contributed by atoms with E-state index in [4.69, 9.17) is 4.74 Å². The van der Waals surface area contributed by atoms with E-state index < -0.39 is 0 Å². The second-order valence-corrected chi connectivity index (χ2v) is 2.90. The van der Waals surface area contributed by atoms with E-state index in [1.165, 1.54) is 0 Å². The molecule has 0 atom stereocenters. The van der Waals surface area contributed by atoms with Crippen LogP contribution in [0.4, 0.5) is 0 Å². The number of benzene rings is 1. The molecule has 0 radical (unpaired) electrons. The monoisotopic (exact) mass is 194 g/mol. The maximum Gasteiger partial charge on any atom is 0.161 e. The lowest BCUT2D eigenvalue weighted by Crippen LogP contribution is -1.94. The van der Waals surface area contributed by atoms with Gasteiger partial charge >= 0.3 is 0 Å². The van der Waals surface area contributed by atoms with Crippen LogP contribution in [-0.4, -0.2) is 18.0 Å². The highest BCUT2D eigenvalue weighted by molar-refractivity contribution is 5.52. The van der Waals surface area contributed by atoms with Crippen molar-refractivity contribution in [1.82, 2.24) is 0 Å². The number of aldehydes is 1. The first kappa shape index (κ1) is 10.6. The van der Waals surface area contributed by atoms with Gasteiger partial charge in [0.2, 0.25) is 0 Å². The van der Waals surface area contributed by atoms with Crippen molar-refractivity contribution < 1.29 is 14.6 Å². The minimum absolute atomic E-state index is 0.149. The number of carbonyl (C=O) groups is 1. The first-order chi connectivity index (χ1) is 6.79. The molecule has 76 valence electrons. The largest absolute Gasteiger partial charge is 0.504 e. The van der Waals surface area contributed by atoms with Gasteiger partial charge in [0.1, 0.15) is 6.29 Å². The maximum atomic E-state index is 10.2. The van der Waals surface area contributed by atoms with Gasteiger partial charge < -0.3 is 14.6 Å². The number of para-hydroxylation sites is 1. The Balaban J connectivity index is 2.83. The summed E-state index contributed by atoms with van der Waals surface area (Å²) in [7, 11) is 0. The summed E-state index contributed by atoms with van der Waals surface area (Å²) >= 11 is 0. The minimum atomic E-state index is 0.149. The van der Waals surface area contributed by atoms with Gasteiger partial charge in [-0.25, -0.2) is 0 Å². The van der Waals surface area contributed by atoms with E-state index in [1.807, 2.05) is 13.0 Å². The van der Waals surface area contributed by atoms with Crippen LogP contribution in [0.3, 0.4) is 0 Å². The molecule has 0 amide bonds. The Morgan fingerprint density at radius 3 is 2.93 bits per heavy atom. The van der Waals surface area contributed by atoms with Crippen LogP contribution >= 0.6 is 0 Å². The summed E-state index contributed by atoms with van der Waals surface area (Å²) in [4.78, 5) is 10.2. The second-order valence-electron chi connectivity index (χ2n) is 2.90. The molecule has 1 aromatic rings. The average Bonchev–Trinajstić information content (AvgIpc) is 2.20. The zero-order valence-electron chi connectivity index (χ0n) is 8.19. The van der Waals surface area contributed by atoms with E-state index in [1.54, 1.807) is 12.1 Å². The minimum Gasteiger partial charge on any atom is -0.504 e. The van der Waals surface area contributed by atoms with Crippen LogP contribution in [0, 0.1) is 0 Å². The topological polar surface area (TPSA) is 46.5 Å². The van der Waals surface area contributed by atoms with Crippen LogP contribution < -0.4 is 4.74 Å². The van der Waals surface area contributed by atoms with Gasteiger partial charge in [0.15, 0.2) is 11.5 Å². The van der Waals surface area contributed by atoms with Gasteiger partial charge in [-0.3, -0.25) is 0 Å². The van der Waals surface area contributed by atoms with Crippen molar-refractivity contribution in [2.75, 3.05) is 6.61 Å². The van der Waals surface area contributed by atoms with Crippen molar-refractivity contribution in [2.45, 2.75) is 19.8 Å². The van der Waals surface area contributed by atoms with E-state index >= 15 is 0 Å². The third kappa shape index (κ3) is 2.49. The van der Waals surface area contributed by atoms with Crippen molar-refractivity contribution in [3.05, 3.63) is 23.8 Å². The normalized spacial score (nSPS) is 9.79. The van der Waals surface area contributed by atoms with Crippen molar-refractivity contribution in [1.29, 1.82) is 0 Å². The number of carbonyl (C=O) groups excluding carboxylic acids is 1. The lowest BCUT2D eigenvalue weighted by atomic mass is 10.1. The molecule has 1 rings (SSSR count). The average molecular weight is 194 g/mol. The molecule has 3 nitrogen and oxygen atoms in total. The number of phenolic OH excluding ortho intramolecular Hbond substituents is 1. The smallest absolute Gasteiger partial charge is 0.161 e. The summed E-state index contributed by atoms with van der Waals surface area (Å²) in [6, 6.07) is 5.31. The van der Waals surface area contributed by atoms with Crippen LogP contribution in [0.2, 0.25) is 0 Å². The van der Waals surface area contributed by atoms with Gasteiger partial charge in [-0.05, 0) is 25.0 Å². The van der Waals surface area contributed by atoms with Crippen molar-refractivity contribution in [3.8, 4) is 11.5 Å². The summed E-state index contributed by atoms with van der Waals surface area (Å²) in [5.41, 5.74) is 0.753. The predicted octanol–water partition coefficient (Wildman–Crippen LogP) is 1.92. The molecule has 1 N–H and O–H groups in total. The molecule has 1 aromatic carbocycles. The lowest BCUT2D eigenvalue weighted by molar-refractivity contribution is -0.107. The number of rotatable bonds is 5. The van der Waals surface area contributed by atoms with Gasteiger partial charge in [0.05, 0.1) is 6.61 Å². The molecule has 0 saturated carbocycles. The van der Waals surface area contributed by atoms with E-state index in [-0.39, 0.29) is 5.75 Å². The molecular weight excluding hydrogens is 180 g/mol. The number of ether oxygens (including phenoxy) is 1. The highest BCUT2D eigenvalue weighted by Gasteiger charge is 2.06. The van der Waals surface area contributed by atoms with Crippen LogP contribution in [0.5, 0.6) is 11.5 Å². The first-order valence-electron chi connectivity index (χ1n) is 4.67. The predicted molar refractivity (Wildman–Crippen MR) is 53.7 cm³/mol. The number of hydrogen-bond donors (Lipinski definition) is 1. The highest BCUT2D eigenvalue weighted by Crippen LogP contribution is 2.30. The number of phenols is 1. The fourth-order valence-corrected chi connectivity index (χ4v) is 1.26. The van der Waals surface area contributed by atoms with Crippen LogP contribution in [0.1, 0.15) is 18.9 Å². The summed E-state index contributed by atoms with van der Waals surface area (Å²) in [6.07, 6.45) is 1.81. The molecule has 0 heterocycles. The highest BCUT2D eigenvalue weighted by atomic mass is 16.5. The number of hydrogen-bond acceptors (Lipinski definition) is 3. The fourth-order valence-electron chi connectivity index (χ4n) is 1.26. The Kier molecular flexibility index (Phi) is 3.98. The zero-order valence-corrected chi connectivity index (χ0v) is 8.19. The van der Waals surface area contributed by atoms with E-state index in [0.717, 1.165) is 11.8 Å². The van der Waals surface area contributed by atoms with Crippen molar-refractivity contribution >= 4 is 6.29 Å². The van der Waals surface area contributed by atoms with Gasteiger partial charge in [-0.2, -0.15) is 0 Å². The molecule has 0 unspecified atom stereocenters. The maximum absolute atomic E-state index is 10.2. The number of aryl methyl sites for hydroxylation is 1. The summed E-state index contributed by atoms with van der Waals surface area (Å²) in [6.45, 7) is 2.38. The molecular formula is C11H14O3. The van der Waals surface area contributed by atoms with Crippen LogP contribution in [-0.2, 0) is 11.2 Å². The zero-order chi connectivity index (χ0) is 10.4. The quantitative estimate of drug-likeness (QED) is 0.728. The van der Waals surface area contributed by atoms with E-state index in [0.29, 0.717) is 25.2 Å². The SMILES string of the molecule is CCOc1cccc(CCC=O)c1O. The third-order valence-corrected chi connectivity index (χ3v) is 1.91. The Bertz CT molecular complexity index is 307. The summed E-state index contributed by atoms with van der Waals surface area (Å²) < 4.78 is 5.22. The third-order valence-electron chi connectivity index (χ3n) is 1.91. The van der Waals surface area contributed by atoms with Gasteiger partial charge in [-0.1, -0.05) is 12.1 Å². The van der Waals surface area contributed by atoms with Gasteiger partial charge in [-0.15, -0.1) is 0 Å². The Hall–Kier alpha value is -1.51. The Labute approximate surface area is 83.3 Å². The molecule has 0 aliphatic rings. The molecule has 14 heavy (non-hydrogen) atoms. The van der Waals surface area contributed by atoms with Crippen LogP contribution in [0.25, 0.3) is 0 Å². The molecule has 0 spiro atoms. The van der Waals surface area contributed by atoms with Crippen molar-refractivity contribution in [2.24, 2.45) is 0 Å². The standard InChI is InChI=1S/C11H14O3/c1-2-14-10-7-3-5-9(11(10)13)6-4-8-12/h3,5,7-8,13H,2,4,6H2,1H3. The fraction of sp³-hybridized carbons (Fsp3) is 0.364. The molecule has 3 heteroatoms. The molecule has 0 bridgehead atoms. The number of aromatic hydroxyl groups is 1. The molecule has 0 aromatic heterocycles. The van der Waals surface area contributed by atoms with Crippen molar-refractivity contribution in [3.63, 3.8) is 0 Å². The Morgan fingerprint density at radius 1 is 1.50 bits per heavy atom.